The highest BCUT2D eigenvalue weighted by Crippen LogP contribution is 2.14. The van der Waals surface area contributed by atoms with Crippen LogP contribution in [0.5, 0.6) is 5.75 Å². The molecule has 0 fully saturated rings. The van der Waals surface area contributed by atoms with E-state index in [2.05, 4.69) is 10.6 Å². The van der Waals surface area contributed by atoms with Crippen LogP contribution in [-0.2, 0) is 9.59 Å². The normalized spacial score (nSPS) is 9.53. The largest absolute Gasteiger partial charge is 0.497 e. The van der Waals surface area contributed by atoms with E-state index >= 15 is 0 Å². The first-order valence-corrected chi connectivity index (χ1v) is 5.50. The van der Waals surface area contributed by atoms with Crippen molar-refractivity contribution in [1.82, 2.24) is 5.32 Å². The van der Waals surface area contributed by atoms with E-state index < -0.39 is 11.8 Å². The zero-order valence-electron chi connectivity index (χ0n) is 9.33. The van der Waals surface area contributed by atoms with E-state index in [1.54, 1.807) is 31.4 Å². The molecule has 6 heteroatoms. The zero-order valence-corrected chi connectivity index (χ0v) is 10.1. The smallest absolute Gasteiger partial charge is 0.313 e. The standard InChI is InChI=1S/C11H13ClN2O3/c1-17-9-4-2-8(3-5-9)14-11(16)10(15)13-7-6-12/h2-5H,6-7H2,1H3,(H,13,15)(H,14,16). The number of ether oxygens (including phenoxy) is 1. The number of rotatable bonds is 4. The maximum Gasteiger partial charge on any atom is 0.313 e. The number of carbonyl (C=O) groups is 2. The lowest BCUT2D eigenvalue weighted by molar-refractivity contribution is -0.136. The van der Waals surface area contributed by atoms with Gasteiger partial charge in [-0.3, -0.25) is 9.59 Å². The number of methoxy groups -OCH3 is 1. The number of amides is 2. The predicted octanol–water partition coefficient (Wildman–Crippen LogP) is 0.989. The number of anilines is 1. The lowest BCUT2D eigenvalue weighted by Crippen LogP contribution is -2.36. The molecule has 0 bridgehead atoms. The molecular weight excluding hydrogens is 244 g/mol. The van der Waals surface area contributed by atoms with Crippen molar-refractivity contribution in [2.45, 2.75) is 0 Å². The summed E-state index contributed by atoms with van der Waals surface area (Å²) in [4.78, 5) is 22.6. The third-order valence-electron chi connectivity index (χ3n) is 1.93. The Balaban J connectivity index is 2.52. The summed E-state index contributed by atoms with van der Waals surface area (Å²) in [7, 11) is 1.55. The minimum Gasteiger partial charge on any atom is -0.497 e. The van der Waals surface area contributed by atoms with Crippen LogP contribution >= 0.6 is 11.6 Å². The third-order valence-corrected chi connectivity index (χ3v) is 2.12. The fraction of sp³-hybridized carbons (Fsp3) is 0.273. The summed E-state index contributed by atoms with van der Waals surface area (Å²) in [5.74, 6) is -0.488. The number of benzene rings is 1. The Kier molecular flexibility index (Phi) is 5.29. The molecule has 17 heavy (non-hydrogen) atoms. The van der Waals surface area contributed by atoms with Crippen LogP contribution in [0.4, 0.5) is 5.69 Å². The Labute approximate surface area is 104 Å². The highest BCUT2D eigenvalue weighted by molar-refractivity contribution is 6.39. The van der Waals surface area contributed by atoms with Crippen LogP contribution in [0.2, 0.25) is 0 Å². The van der Waals surface area contributed by atoms with Gasteiger partial charge in [-0.15, -0.1) is 11.6 Å². The summed E-state index contributed by atoms with van der Waals surface area (Å²) in [6.45, 7) is 0.260. The second-order valence-electron chi connectivity index (χ2n) is 3.13. The van der Waals surface area contributed by atoms with E-state index in [4.69, 9.17) is 16.3 Å². The first kappa shape index (κ1) is 13.3. The van der Waals surface area contributed by atoms with Gasteiger partial charge in [0.25, 0.3) is 0 Å². The van der Waals surface area contributed by atoms with Gasteiger partial charge in [0.1, 0.15) is 5.75 Å². The number of halogens is 1. The lowest BCUT2D eigenvalue weighted by Gasteiger charge is -2.06. The Morgan fingerprint density at radius 1 is 1.24 bits per heavy atom. The van der Waals surface area contributed by atoms with Gasteiger partial charge in [0.05, 0.1) is 7.11 Å². The van der Waals surface area contributed by atoms with Crippen molar-refractivity contribution in [3.8, 4) is 5.75 Å². The first-order chi connectivity index (χ1) is 8.17. The van der Waals surface area contributed by atoms with Crippen molar-refractivity contribution in [3.05, 3.63) is 24.3 Å². The van der Waals surface area contributed by atoms with Crippen molar-refractivity contribution < 1.29 is 14.3 Å². The molecule has 2 N–H and O–H groups in total. The molecular formula is C11H13ClN2O3. The number of alkyl halides is 1. The van der Waals surface area contributed by atoms with E-state index in [0.717, 1.165) is 0 Å². The van der Waals surface area contributed by atoms with Gasteiger partial charge in [-0.05, 0) is 24.3 Å². The van der Waals surface area contributed by atoms with Crippen LogP contribution in [0.25, 0.3) is 0 Å². The fourth-order valence-corrected chi connectivity index (χ4v) is 1.20. The summed E-state index contributed by atoms with van der Waals surface area (Å²) in [6.07, 6.45) is 0. The summed E-state index contributed by atoms with van der Waals surface area (Å²) in [5, 5.41) is 4.82. The van der Waals surface area contributed by atoms with E-state index in [9.17, 15) is 9.59 Å². The van der Waals surface area contributed by atoms with Gasteiger partial charge >= 0.3 is 11.8 Å². The molecule has 0 aliphatic carbocycles. The van der Waals surface area contributed by atoms with Crippen molar-refractivity contribution in [1.29, 1.82) is 0 Å². The van der Waals surface area contributed by atoms with Crippen LogP contribution in [0.15, 0.2) is 24.3 Å². The maximum atomic E-state index is 11.4. The van der Waals surface area contributed by atoms with E-state index in [0.29, 0.717) is 11.4 Å². The van der Waals surface area contributed by atoms with Crippen LogP contribution in [0.1, 0.15) is 0 Å². The molecule has 0 saturated carbocycles. The number of hydrogen-bond acceptors (Lipinski definition) is 3. The molecule has 0 unspecified atom stereocenters. The van der Waals surface area contributed by atoms with Gasteiger partial charge in [-0.25, -0.2) is 0 Å². The van der Waals surface area contributed by atoms with E-state index in [-0.39, 0.29) is 12.4 Å². The molecule has 5 nitrogen and oxygen atoms in total. The third kappa shape index (κ3) is 4.32. The molecule has 0 heterocycles. The Bertz CT molecular complexity index is 392. The van der Waals surface area contributed by atoms with Crippen molar-refractivity contribution in [2.75, 3.05) is 24.9 Å². The SMILES string of the molecule is COc1ccc(NC(=O)C(=O)NCCCl)cc1. The molecule has 92 valence electrons. The van der Waals surface area contributed by atoms with Crippen molar-refractivity contribution in [3.63, 3.8) is 0 Å². The van der Waals surface area contributed by atoms with Crippen LogP contribution in [0, 0.1) is 0 Å². The Morgan fingerprint density at radius 2 is 1.88 bits per heavy atom. The van der Waals surface area contributed by atoms with Crippen molar-refractivity contribution >= 4 is 29.1 Å². The molecule has 0 aromatic heterocycles. The predicted molar refractivity (Wildman–Crippen MR) is 65.4 cm³/mol. The van der Waals surface area contributed by atoms with Gasteiger partial charge in [0.15, 0.2) is 0 Å². The molecule has 1 aromatic rings. The summed E-state index contributed by atoms with van der Waals surface area (Å²) < 4.78 is 4.97. The van der Waals surface area contributed by atoms with Crippen LogP contribution in [0.3, 0.4) is 0 Å². The van der Waals surface area contributed by atoms with Crippen LogP contribution < -0.4 is 15.4 Å². The lowest BCUT2D eigenvalue weighted by atomic mass is 10.3. The fourth-order valence-electron chi connectivity index (χ4n) is 1.10. The molecule has 0 radical (unpaired) electrons. The monoisotopic (exact) mass is 256 g/mol. The van der Waals surface area contributed by atoms with Gasteiger partial charge in [0.2, 0.25) is 0 Å². The van der Waals surface area contributed by atoms with Gasteiger partial charge < -0.3 is 15.4 Å². The van der Waals surface area contributed by atoms with Gasteiger partial charge in [0, 0.05) is 18.1 Å². The first-order valence-electron chi connectivity index (χ1n) is 4.96. The summed E-state index contributed by atoms with van der Waals surface area (Å²) >= 11 is 5.38. The maximum absolute atomic E-state index is 11.4. The number of hydrogen-bond donors (Lipinski definition) is 2. The average Bonchev–Trinajstić information content (AvgIpc) is 2.36. The van der Waals surface area contributed by atoms with Crippen molar-refractivity contribution in [2.24, 2.45) is 0 Å². The molecule has 2 amide bonds. The summed E-state index contributed by atoms with van der Waals surface area (Å²) in [5.41, 5.74) is 0.525. The molecule has 0 aliphatic rings. The number of nitrogens with one attached hydrogen (secondary N) is 2. The Morgan fingerprint density at radius 3 is 2.41 bits per heavy atom. The highest BCUT2D eigenvalue weighted by atomic mass is 35.5. The number of carbonyl (C=O) groups excluding carboxylic acids is 2. The van der Waals surface area contributed by atoms with Gasteiger partial charge in [-0.2, -0.15) is 0 Å². The average molecular weight is 257 g/mol. The quantitative estimate of drug-likeness (QED) is 0.624. The van der Waals surface area contributed by atoms with Crippen LogP contribution in [-0.4, -0.2) is 31.3 Å². The van der Waals surface area contributed by atoms with E-state index in [1.165, 1.54) is 0 Å². The Hall–Kier alpha value is -1.75. The second-order valence-corrected chi connectivity index (χ2v) is 3.51. The zero-order chi connectivity index (χ0) is 12.7. The molecule has 0 aliphatic heterocycles. The molecule has 0 atom stereocenters. The molecule has 0 saturated heterocycles. The highest BCUT2D eigenvalue weighted by Gasteiger charge is 2.12. The van der Waals surface area contributed by atoms with E-state index in [1.807, 2.05) is 0 Å². The second kappa shape index (κ2) is 6.75. The molecule has 1 rings (SSSR count). The minimum absolute atomic E-state index is 0.260. The molecule has 1 aromatic carbocycles. The topological polar surface area (TPSA) is 67.4 Å². The summed E-state index contributed by atoms with van der Waals surface area (Å²) in [6, 6.07) is 6.66. The molecule has 0 spiro atoms. The minimum atomic E-state index is -0.722. The van der Waals surface area contributed by atoms with Gasteiger partial charge in [-0.1, -0.05) is 0 Å².